The van der Waals surface area contributed by atoms with Crippen LogP contribution < -0.4 is 0 Å². The number of rotatable bonds is 3. The van der Waals surface area contributed by atoms with E-state index in [1.54, 1.807) is 23.1 Å². The Morgan fingerprint density at radius 3 is 2.69 bits per heavy atom. The Morgan fingerprint density at radius 1 is 1.10 bits per heavy atom. The molecule has 0 N–H and O–H groups in total. The van der Waals surface area contributed by atoms with Gasteiger partial charge < -0.3 is 9.80 Å². The molecule has 2 saturated heterocycles. The molecule has 5 rings (SSSR count). The molecule has 0 aromatic carbocycles. The zero-order chi connectivity index (χ0) is 19.8. The SMILES string of the molecule is O=C1CC2(CCN(C(=O)c3cnn4ccccc34)CC2)CN1Cc1ccncc1. The maximum atomic E-state index is 13.0. The second-order valence-corrected chi connectivity index (χ2v) is 8.16. The van der Waals surface area contributed by atoms with Crippen LogP contribution in [0.1, 0.15) is 35.2 Å². The largest absolute Gasteiger partial charge is 0.338 e. The Balaban J connectivity index is 1.25. The maximum absolute atomic E-state index is 13.0. The minimum Gasteiger partial charge on any atom is -0.338 e. The molecule has 7 heteroatoms. The summed E-state index contributed by atoms with van der Waals surface area (Å²) in [7, 11) is 0. The molecule has 2 aliphatic rings. The number of hydrogen-bond acceptors (Lipinski definition) is 4. The first-order valence-corrected chi connectivity index (χ1v) is 10.0. The van der Waals surface area contributed by atoms with Gasteiger partial charge in [0.25, 0.3) is 5.91 Å². The van der Waals surface area contributed by atoms with Crippen LogP contribution in [0.2, 0.25) is 0 Å². The van der Waals surface area contributed by atoms with Gasteiger partial charge in [0.05, 0.1) is 17.3 Å². The Hall–Kier alpha value is -3.22. The number of pyridine rings is 2. The summed E-state index contributed by atoms with van der Waals surface area (Å²) in [4.78, 5) is 33.6. The van der Waals surface area contributed by atoms with Crippen LogP contribution in [0, 0.1) is 5.41 Å². The van der Waals surface area contributed by atoms with Gasteiger partial charge in [0.15, 0.2) is 0 Å². The van der Waals surface area contributed by atoms with E-state index in [4.69, 9.17) is 0 Å². The average Bonchev–Trinajstić information content (AvgIpc) is 3.30. The number of hydrogen-bond donors (Lipinski definition) is 0. The molecule has 148 valence electrons. The van der Waals surface area contributed by atoms with E-state index in [0.29, 0.717) is 31.6 Å². The average molecular weight is 389 g/mol. The standard InChI is InChI=1S/C22H23N5O2/c28-20-13-22(16-26(20)15-17-4-8-23-9-5-17)6-11-25(12-7-22)21(29)18-14-24-27-10-2-1-3-19(18)27/h1-5,8-10,14H,6-7,11-13,15-16H2. The third-order valence-electron chi connectivity index (χ3n) is 6.30. The summed E-state index contributed by atoms with van der Waals surface area (Å²) in [6.45, 7) is 2.76. The van der Waals surface area contributed by atoms with Crippen molar-refractivity contribution in [2.45, 2.75) is 25.8 Å². The van der Waals surface area contributed by atoms with Gasteiger partial charge in [-0.25, -0.2) is 4.52 Å². The van der Waals surface area contributed by atoms with Gasteiger partial charge in [0.1, 0.15) is 0 Å². The number of carbonyl (C=O) groups is 2. The Kier molecular flexibility index (Phi) is 4.30. The fourth-order valence-corrected chi connectivity index (χ4v) is 4.62. The molecule has 5 heterocycles. The molecule has 2 aliphatic heterocycles. The van der Waals surface area contributed by atoms with E-state index >= 15 is 0 Å². The lowest BCUT2D eigenvalue weighted by molar-refractivity contribution is -0.128. The Bertz CT molecular complexity index is 1050. The van der Waals surface area contributed by atoms with Crippen LogP contribution in [0.3, 0.4) is 0 Å². The first-order valence-electron chi connectivity index (χ1n) is 10.0. The number of amides is 2. The van der Waals surface area contributed by atoms with Gasteiger partial charge in [0, 0.05) is 56.6 Å². The highest BCUT2D eigenvalue weighted by Crippen LogP contribution is 2.41. The summed E-state index contributed by atoms with van der Waals surface area (Å²) in [5.41, 5.74) is 2.56. The van der Waals surface area contributed by atoms with E-state index < -0.39 is 0 Å². The van der Waals surface area contributed by atoms with Crippen LogP contribution in [-0.4, -0.2) is 55.8 Å². The van der Waals surface area contributed by atoms with Gasteiger partial charge >= 0.3 is 0 Å². The number of nitrogens with zero attached hydrogens (tertiary/aromatic N) is 5. The van der Waals surface area contributed by atoms with Gasteiger partial charge in [-0.15, -0.1) is 0 Å². The summed E-state index contributed by atoms with van der Waals surface area (Å²) < 4.78 is 1.73. The lowest BCUT2D eigenvalue weighted by atomic mass is 9.77. The highest BCUT2D eigenvalue weighted by Gasteiger charge is 2.45. The van der Waals surface area contributed by atoms with Crippen LogP contribution in [0.4, 0.5) is 0 Å². The van der Waals surface area contributed by atoms with Gasteiger partial charge in [-0.05, 0) is 42.7 Å². The zero-order valence-corrected chi connectivity index (χ0v) is 16.2. The Labute approximate surface area is 168 Å². The third-order valence-corrected chi connectivity index (χ3v) is 6.30. The second kappa shape index (κ2) is 6.99. The number of carbonyl (C=O) groups excluding carboxylic acids is 2. The maximum Gasteiger partial charge on any atom is 0.257 e. The number of likely N-dealkylation sites (tertiary alicyclic amines) is 2. The lowest BCUT2D eigenvalue weighted by Gasteiger charge is -2.38. The summed E-state index contributed by atoms with van der Waals surface area (Å²) >= 11 is 0. The molecule has 0 unspecified atom stereocenters. The molecule has 2 amide bonds. The van der Waals surface area contributed by atoms with Crippen LogP contribution >= 0.6 is 0 Å². The fourth-order valence-electron chi connectivity index (χ4n) is 4.62. The molecule has 0 atom stereocenters. The predicted octanol–water partition coefficient (Wildman–Crippen LogP) is 2.38. The molecule has 29 heavy (non-hydrogen) atoms. The smallest absolute Gasteiger partial charge is 0.257 e. The minimum atomic E-state index is -0.0119. The lowest BCUT2D eigenvalue weighted by Crippen LogP contribution is -2.44. The molecule has 0 radical (unpaired) electrons. The summed E-state index contributed by atoms with van der Waals surface area (Å²) in [5.74, 6) is 0.239. The quantitative estimate of drug-likeness (QED) is 0.690. The van der Waals surface area contributed by atoms with Crippen molar-refractivity contribution in [3.05, 3.63) is 66.2 Å². The van der Waals surface area contributed by atoms with Crippen molar-refractivity contribution >= 4 is 17.3 Å². The van der Waals surface area contributed by atoms with Crippen molar-refractivity contribution in [3.8, 4) is 0 Å². The van der Waals surface area contributed by atoms with Crippen molar-refractivity contribution in [1.29, 1.82) is 0 Å². The van der Waals surface area contributed by atoms with E-state index in [2.05, 4.69) is 10.1 Å². The normalized spacial score (nSPS) is 18.7. The van der Waals surface area contributed by atoms with E-state index in [9.17, 15) is 9.59 Å². The molecule has 0 aliphatic carbocycles. The van der Waals surface area contributed by atoms with E-state index in [-0.39, 0.29) is 17.2 Å². The third kappa shape index (κ3) is 3.26. The van der Waals surface area contributed by atoms with Crippen LogP contribution in [0.15, 0.2) is 55.1 Å². The van der Waals surface area contributed by atoms with E-state index in [1.165, 1.54) is 0 Å². The van der Waals surface area contributed by atoms with Crippen molar-refractivity contribution in [3.63, 3.8) is 0 Å². The molecule has 3 aromatic heterocycles. The molecular weight excluding hydrogens is 366 g/mol. The Morgan fingerprint density at radius 2 is 1.90 bits per heavy atom. The number of aromatic nitrogens is 3. The van der Waals surface area contributed by atoms with E-state index in [1.807, 2.05) is 46.3 Å². The molecule has 0 bridgehead atoms. The van der Waals surface area contributed by atoms with Gasteiger partial charge in [-0.1, -0.05) is 6.07 Å². The zero-order valence-electron chi connectivity index (χ0n) is 16.2. The minimum absolute atomic E-state index is 0.0119. The van der Waals surface area contributed by atoms with E-state index in [0.717, 1.165) is 30.5 Å². The fraction of sp³-hybridized carbons (Fsp3) is 0.364. The van der Waals surface area contributed by atoms with Crippen molar-refractivity contribution in [1.82, 2.24) is 24.4 Å². The highest BCUT2D eigenvalue weighted by atomic mass is 16.2. The highest BCUT2D eigenvalue weighted by molar-refractivity contribution is 6.00. The van der Waals surface area contributed by atoms with Gasteiger partial charge in [0.2, 0.25) is 5.91 Å². The second-order valence-electron chi connectivity index (χ2n) is 8.16. The predicted molar refractivity (Wildman–Crippen MR) is 107 cm³/mol. The molecule has 3 aromatic rings. The van der Waals surface area contributed by atoms with Crippen molar-refractivity contribution < 1.29 is 9.59 Å². The van der Waals surface area contributed by atoms with Gasteiger partial charge in [-0.2, -0.15) is 5.10 Å². The van der Waals surface area contributed by atoms with Crippen LogP contribution in [0.25, 0.3) is 5.52 Å². The molecule has 7 nitrogen and oxygen atoms in total. The van der Waals surface area contributed by atoms with Crippen LogP contribution in [-0.2, 0) is 11.3 Å². The van der Waals surface area contributed by atoms with Crippen LogP contribution in [0.5, 0.6) is 0 Å². The molecule has 1 spiro atoms. The topological polar surface area (TPSA) is 70.8 Å². The van der Waals surface area contributed by atoms with Gasteiger partial charge in [-0.3, -0.25) is 14.6 Å². The first-order chi connectivity index (χ1) is 14.1. The monoisotopic (exact) mass is 389 g/mol. The molecule has 2 fully saturated rings. The number of fused-ring (bicyclic) bond motifs is 1. The first kappa shape index (κ1) is 17.8. The molecular formula is C22H23N5O2. The van der Waals surface area contributed by atoms with Crippen molar-refractivity contribution in [2.24, 2.45) is 5.41 Å². The summed E-state index contributed by atoms with van der Waals surface area (Å²) in [6.07, 6.45) is 9.31. The summed E-state index contributed by atoms with van der Waals surface area (Å²) in [5, 5.41) is 4.28. The van der Waals surface area contributed by atoms with Crippen molar-refractivity contribution in [2.75, 3.05) is 19.6 Å². The molecule has 0 saturated carbocycles. The summed E-state index contributed by atoms with van der Waals surface area (Å²) in [6, 6.07) is 9.64. The number of piperidine rings is 1.